The van der Waals surface area contributed by atoms with Gasteiger partial charge in [-0.3, -0.25) is 37.3 Å². The molecule has 534 valence electrons. The van der Waals surface area contributed by atoms with Gasteiger partial charge in [-0.1, -0.05) is 299 Å². The number of phosphoric ester groups is 2. The zero-order valence-electron chi connectivity index (χ0n) is 58.8. The molecule has 0 saturated heterocycles. The number of carbonyl (C=O) groups is 4. The number of aliphatic hydroxyl groups is 1. The van der Waals surface area contributed by atoms with E-state index in [0.29, 0.717) is 31.6 Å². The van der Waals surface area contributed by atoms with Crippen LogP contribution >= 0.6 is 15.6 Å². The Morgan fingerprint density at radius 1 is 0.278 bits per heavy atom. The van der Waals surface area contributed by atoms with Gasteiger partial charge in [0, 0.05) is 25.7 Å². The van der Waals surface area contributed by atoms with Gasteiger partial charge in [0.1, 0.15) is 19.3 Å². The Labute approximate surface area is 549 Å². The second-order valence-corrected chi connectivity index (χ2v) is 30.4. The summed E-state index contributed by atoms with van der Waals surface area (Å²) < 4.78 is 68.3. The summed E-state index contributed by atoms with van der Waals surface area (Å²) in [5, 5.41) is 10.6. The van der Waals surface area contributed by atoms with Crippen LogP contribution in [0.25, 0.3) is 0 Å². The molecule has 0 heterocycles. The van der Waals surface area contributed by atoms with Gasteiger partial charge in [0.2, 0.25) is 0 Å². The molecule has 17 nitrogen and oxygen atoms in total. The molecule has 0 aliphatic carbocycles. The van der Waals surface area contributed by atoms with Gasteiger partial charge in [-0.2, -0.15) is 0 Å². The van der Waals surface area contributed by atoms with Gasteiger partial charge in [-0.15, -0.1) is 0 Å². The van der Waals surface area contributed by atoms with Crippen molar-refractivity contribution in [1.82, 2.24) is 0 Å². The first-order valence-electron chi connectivity index (χ1n) is 36.7. The van der Waals surface area contributed by atoms with Gasteiger partial charge in [0.25, 0.3) is 0 Å². The minimum Gasteiger partial charge on any atom is -0.462 e. The molecular formula is C71H138O17P2. The summed E-state index contributed by atoms with van der Waals surface area (Å²) in [5.41, 5.74) is 0. The SMILES string of the molecule is CC(C)CCCCCCCCCCCCCCCCC(=O)O[C@H](COC(=O)CCCCCCCCC(C)C)COP(=O)(O)OCC(O)COP(=O)(O)OC[C@@H](COC(=O)CCCCCCCCCCC(C)C)OC(=O)CCCCCCCCCCCCC(C)C. The van der Waals surface area contributed by atoms with Crippen LogP contribution in [0.2, 0.25) is 0 Å². The molecule has 0 aliphatic rings. The van der Waals surface area contributed by atoms with Crippen LogP contribution in [0.15, 0.2) is 0 Å². The lowest BCUT2D eigenvalue weighted by atomic mass is 10.0. The summed E-state index contributed by atoms with van der Waals surface area (Å²) in [6.07, 6.45) is 43.2. The number of hydrogen-bond acceptors (Lipinski definition) is 15. The monoisotopic (exact) mass is 1320 g/mol. The first-order chi connectivity index (χ1) is 43.1. The number of esters is 4. The number of carbonyl (C=O) groups excluding carboxylic acids is 4. The highest BCUT2D eigenvalue weighted by atomic mass is 31.2. The summed E-state index contributed by atoms with van der Waals surface area (Å²) in [6.45, 7) is 14.1. The van der Waals surface area contributed by atoms with Gasteiger partial charge in [-0.05, 0) is 49.4 Å². The van der Waals surface area contributed by atoms with Crippen molar-refractivity contribution in [2.24, 2.45) is 23.7 Å². The van der Waals surface area contributed by atoms with Gasteiger partial charge < -0.3 is 33.8 Å². The maximum atomic E-state index is 13.0. The normalized spacial score (nSPS) is 14.3. The topological polar surface area (TPSA) is 237 Å². The van der Waals surface area contributed by atoms with Gasteiger partial charge in [0.05, 0.1) is 26.4 Å². The van der Waals surface area contributed by atoms with Crippen LogP contribution in [-0.2, 0) is 65.4 Å². The Morgan fingerprint density at radius 3 is 0.689 bits per heavy atom. The standard InChI is InChI=1S/C71H138O17P2/c1-61(2)47-39-31-23-17-13-11-9-10-12-14-19-27-37-45-53-70(75)88-67(58-82-69(74)52-44-36-30-29-34-42-50-64(7)8)60-86-90(79,80)84-56-65(72)55-83-89(77,78)85-59-66(57-81-68(73)51-43-35-26-22-21-25-33-41-49-63(5)6)87-71(76)54-46-38-28-20-16-15-18-24-32-40-48-62(3)4/h61-67,72H,9-60H2,1-8H3,(H,77,78)(H,79,80)/t65?,66-,67-/m1/s1. The average molecular weight is 1330 g/mol. The molecular weight excluding hydrogens is 1190 g/mol. The second-order valence-electron chi connectivity index (χ2n) is 27.5. The number of aliphatic hydroxyl groups excluding tert-OH is 1. The minimum atomic E-state index is -4.95. The zero-order valence-corrected chi connectivity index (χ0v) is 60.6. The Morgan fingerprint density at radius 2 is 0.467 bits per heavy atom. The first kappa shape index (κ1) is 88.1. The van der Waals surface area contributed by atoms with Crippen LogP contribution in [0, 0.1) is 23.7 Å². The second kappa shape index (κ2) is 60.7. The third kappa shape index (κ3) is 64.8. The summed E-state index contributed by atoms with van der Waals surface area (Å²) in [6, 6.07) is 0. The van der Waals surface area contributed by atoms with E-state index in [1.807, 2.05) is 0 Å². The van der Waals surface area contributed by atoms with Crippen LogP contribution < -0.4 is 0 Å². The number of rotatable bonds is 68. The lowest BCUT2D eigenvalue weighted by molar-refractivity contribution is -0.161. The number of unbranched alkanes of at least 4 members (excludes halogenated alkanes) is 34. The molecule has 3 N–H and O–H groups in total. The van der Waals surface area contributed by atoms with Crippen molar-refractivity contribution < 1.29 is 80.2 Å². The molecule has 90 heavy (non-hydrogen) atoms. The quantitative estimate of drug-likeness (QED) is 0.0222. The van der Waals surface area contributed by atoms with E-state index < -0.39 is 97.5 Å². The number of ether oxygens (including phenoxy) is 4. The predicted molar refractivity (Wildman–Crippen MR) is 363 cm³/mol. The largest absolute Gasteiger partial charge is 0.472 e. The van der Waals surface area contributed by atoms with Crippen LogP contribution in [0.5, 0.6) is 0 Å². The van der Waals surface area contributed by atoms with Crippen molar-refractivity contribution >= 4 is 39.5 Å². The maximum Gasteiger partial charge on any atom is 0.472 e. The molecule has 3 unspecified atom stereocenters. The molecule has 0 rings (SSSR count). The van der Waals surface area contributed by atoms with Crippen LogP contribution in [-0.4, -0.2) is 96.7 Å². The Balaban J connectivity index is 5.22. The van der Waals surface area contributed by atoms with Crippen molar-refractivity contribution in [2.45, 2.75) is 369 Å². The minimum absolute atomic E-state index is 0.105. The lowest BCUT2D eigenvalue weighted by Crippen LogP contribution is -2.30. The maximum absolute atomic E-state index is 13.0. The molecule has 0 saturated carbocycles. The van der Waals surface area contributed by atoms with E-state index in [2.05, 4.69) is 55.4 Å². The van der Waals surface area contributed by atoms with Crippen LogP contribution in [0.3, 0.4) is 0 Å². The molecule has 5 atom stereocenters. The fourth-order valence-electron chi connectivity index (χ4n) is 10.7. The molecule has 0 aliphatic heterocycles. The fraction of sp³-hybridized carbons (Fsp3) is 0.944. The molecule has 19 heteroatoms. The summed E-state index contributed by atoms with van der Waals surface area (Å²) in [5.74, 6) is 0.823. The third-order valence-corrected chi connectivity index (χ3v) is 18.2. The van der Waals surface area contributed by atoms with Crippen molar-refractivity contribution in [3.63, 3.8) is 0 Å². The van der Waals surface area contributed by atoms with E-state index in [9.17, 15) is 43.2 Å². The van der Waals surface area contributed by atoms with Gasteiger partial charge in [0.15, 0.2) is 12.2 Å². The highest BCUT2D eigenvalue weighted by Crippen LogP contribution is 2.45. The van der Waals surface area contributed by atoms with E-state index in [1.165, 1.54) is 148 Å². The summed E-state index contributed by atoms with van der Waals surface area (Å²) >= 11 is 0. The molecule has 0 bridgehead atoms. The smallest absolute Gasteiger partial charge is 0.462 e. The Kier molecular flexibility index (Phi) is 59.4. The van der Waals surface area contributed by atoms with E-state index in [1.54, 1.807) is 0 Å². The van der Waals surface area contributed by atoms with E-state index in [0.717, 1.165) is 114 Å². The first-order valence-corrected chi connectivity index (χ1v) is 39.7. The van der Waals surface area contributed by atoms with E-state index >= 15 is 0 Å². The lowest BCUT2D eigenvalue weighted by Gasteiger charge is -2.21. The molecule has 0 fully saturated rings. The fourth-order valence-corrected chi connectivity index (χ4v) is 12.2. The van der Waals surface area contributed by atoms with Crippen LogP contribution in [0.1, 0.15) is 351 Å². The van der Waals surface area contributed by atoms with Crippen molar-refractivity contribution in [2.75, 3.05) is 39.6 Å². The van der Waals surface area contributed by atoms with Crippen molar-refractivity contribution in [3.8, 4) is 0 Å². The summed E-state index contributed by atoms with van der Waals surface area (Å²) in [7, 11) is -9.90. The van der Waals surface area contributed by atoms with Gasteiger partial charge >= 0.3 is 39.5 Å². The number of hydrogen-bond donors (Lipinski definition) is 3. The van der Waals surface area contributed by atoms with Gasteiger partial charge in [-0.25, -0.2) is 9.13 Å². The molecule has 0 aromatic heterocycles. The Hall–Kier alpha value is -1.94. The number of phosphoric acid groups is 2. The van der Waals surface area contributed by atoms with E-state index in [4.69, 9.17) is 37.0 Å². The Bertz CT molecular complexity index is 1780. The van der Waals surface area contributed by atoms with Crippen molar-refractivity contribution in [1.29, 1.82) is 0 Å². The predicted octanol–water partition coefficient (Wildman–Crippen LogP) is 20.1. The highest BCUT2D eigenvalue weighted by molar-refractivity contribution is 7.47. The van der Waals surface area contributed by atoms with Crippen molar-refractivity contribution in [3.05, 3.63) is 0 Å². The molecule has 0 aromatic carbocycles. The molecule has 0 spiro atoms. The highest BCUT2D eigenvalue weighted by Gasteiger charge is 2.30. The molecule has 0 amide bonds. The molecule has 0 radical (unpaired) electrons. The zero-order chi connectivity index (χ0) is 66.8. The third-order valence-electron chi connectivity index (χ3n) is 16.3. The molecule has 0 aromatic rings. The van der Waals surface area contributed by atoms with E-state index in [-0.39, 0.29) is 25.7 Å². The average Bonchev–Trinajstić information content (AvgIpc) is 3.69. The summed E-state index contributed by atoms with van der Waals surface area (Å²) in [4.78, 5) is 72.5. The van der Waals surface area contributed by atoms with Crippen LogP contribution in [0.4, 0.5) is 0 Å².